The van der Waals surface area contributed by atoms with Crippen LogP contribution in [0.2, 0.25) is 0 Å². The van der Waals surface area contributed by atoms with Crippen LogP contribution < -0.4 is 19.5 Å². The number of ether oxygens (including phenoxy) is 4. The molecule has 0 atom stereocenters. The van der Waals surface area contributed by atoms with Gasteiger partial charge in [0.25, 0.3) is 0 Å². The van der Waals surface area contributed by atoms with E-state index >= 15 is 0 Å². The standard InChI is InChI=1S/C25H23NO6/c1-2-29-25(28)26-19-10-8-18(9-11-19)24(27)20-14-22-23(31-13-12-30-22)15-21(20)32-16-17-6-4-3-5-7-17/h3-11,14-15H,2,12-13,16H2,1H3,(H,26,28). The second-order valence-electron chi connectivity index (χ2n) is 7.02. The highest BCUT2D eigenvalue weighted by Gasteiger charge is 2.22. The van der Waals surface area contributed by atoms with Gasteiger partial charge in [-0.05, 0) is 42.8 Å². The monoisotopic (exact) mass is 433 g/mol. The van der Waals surface area contributed by atoms with E-state index in [0.717, 1.165) is 5.56 Å². The maximum Gasteiger partial charge on any atom is 0.411 e. The second kappa shape index (κ2) is 9.87. The van der Waals surface area contributed by atoms with Crippen molar-refractivity contribution in [2.75, 3.05) is 25.1 Å². The van der Waals surface area contributed by atoms with Gasteiger partial charge in [0.15, 0.2) is 17.3 Å². The van der Waals surface area contributed by atoms with E-state index in [4.69, 9.17) is 18.9 Å². The number of carbonyl (C=O) groups excluding carboxylic acids is 2. The van der Waals surface area contributed by atoms with Crippen LogP contribution in [-0.4, -0.2) is 31.7 Å². The van der Waals surface area contributed by atoms with Crippen molar-refractivity contribution >= 4 is 17.6 Å². The number of rotatable bonds is 7. The fourth-order valence-electron chi connectivity index (χ4n) is 3.25. The highest BCUT2D eigenvalue weighted by Crippen LogP contribution is 2.38. The van der Waals surface area contributed by atoms with Crippen molar-refractivity contribution < 1.29 is 28.5 Å². The van der Waals surface area contributed by atoms with Crippen LogP contribution in [0, 0.1) is 0 Å². The molecule has 7 nitrogen and oxygen atoms in total. The molecule has 1 N–H and O–H groups in total. The molecule has 164 valence electrons. The van der Waals surface area contributed by atoms with E-state index in [0.29, 0.717) is 53.9 Å². The molecule has 0 spiro atoms. The van der Waals surface area contributed by atoms with Crippen LogP contribution in [0.5, 0.6) is 17.2 Å². The summed E-state index contributed by atoms with van der Waals surface area (Å²) in [6.07, 6.45) is -0.546. The van der Waals surface area contributed by atoms with Gasteiger partial charge in [0, 0.05) is 17.3 Å². The van der Waals surface area contributed by atoms with Gasteiger partial charge in [-0.3, -0.25) is 10.1 Å². The second-order valence-corrected chi connectivity index (χ2v) is 7.02. The lowest BCUT2D eigenvalue weighted by Crippen LogP contribution is -2.17. The lowest BCUT2D eigenvalue weighted by molar-refractivity contribution is 0.103. The third-order valence-electron chi connectivity index (χ3n) is 4.80. The van der Waals surface area contributed by atoms with E-state index in [1.807, 2.05) is 30.3 Å². The lowest BCUT2D eigenvalue weighted by atomic mass is 10.0. The van der Waals surface area contributed by atoms with E-state index in [1.165, 1.54) is 0 Å². The Bertz CT molecular complexity index is 1100. The molecule has 3 aromatic carbocycles. The average Bonchev–Trinajstić information content (AvgIpc) is 2.83. The summed E-state index contributed by atoms with van der Waals surface area (Å²) in [4.78, 5) is 24.9. The Balaban J connectivity index is 1.59. The number of benzene rings is 3. The number of hydrogen-bond acceptors (Lipinski definition) is 6. The molecular weight excluding hydrogens is 410 g/mol. The summed E-state index contributed by atoms with van der Waals surface area (Å²) >= 11 is 0. The first-order valence-corrected chi connectivity index (χ1v) is 10.3. The van der Waals surface area contributed by atoms with Crippen LogP contribution in [0.15, 0.2) is 66.7 Å². The number of hydrogen-bond donors (Lipinski definition) is 1. The van der Waals surface area contributed by atoms with Crippen molar-refractivity contribution in [1.29, 1.82) is 0 Å². The van der Waals surface area contributed by atoms with Gasteiger partial charge in [-0.2, -0.15) is 0 Å². The SMILES string of the molecule is CCOC(=O)Nc1ccc(C(=O)c2cc3c(cc2OCc2ccccc2)OCCO3)cc1. The van der Waals surface area contributed by atoms with E-state index in [2.05, 4.69) is 5.32 Å². The van der Waals surface area contributed by atoms with Gasteiger partial charge in [0.05, 0.1) is 12.2 Å². The van der Waals surface area contributed by atoms with Crippen LogP contribution in [0.3, 0.4) is 0 Å². The van der Waals surface area contributed by atoms with Crippen LogP contribution in [-0.2, 0) is 11.3 Å². The summed E-state index contributed by atoms with van der Waals surface area (Å²) in [6, 6.07) is 19.6. The molecule has 0 radical (unpaired) electrons. The molecule has 4 rings (SSSR count). The van der Waals surface area contributed by atoms with Crippen LogP contribution >= 0.6 is 0 Å². The maximum atomic E-state index is 13.3. The van der Waals surface area contributed by atoms with Gasteiger partial charge >= 0.3 is 6.09 Å². The van der Waals surface area contributed by atoms with Crippen LogP contribution in [0.4, 0.5) is 10.5 Å². The summed E-state index contributed by atoms with van der Waals surface area (Å²) < 4.78 is 22.2. The predicted molar refractivity (Wildman–Crippen MR) is 119 cm³/mol. The van der Waals surface area contributed by atoms with Crippen molar-refractivity contribution in [3.05, 3.63) is 83.4 Å². The molecule has 7 heteroatoms. The van der Waals surface area contributed by atoms with Gasteiger partial charge in [-0.15, -0.1) is 0 Å². The van der Waals surface area contributed by atoms with Crippen LogP contribution in [0.1, 0.15) is 28.4 Å². The summed E-state index contributed by atoms with van der Waals surface area (Å²) in [5.74, 6) is 1.24. The first kappa shape index (κ1) is 21.2. The van der Waals surface area contributed by atoms with Gasteiger partial charge in [0.1, 0.15) is 25.6 Å². The topological polar surface area (TPSA) is 83.1 Å². The molecule has 1 heterocycles. The zero-order valence-electron chi connectivity index (χ0n) is 17.6. The molecule has 0 unspecified atom stereocenters. The molecule has 1 aliphatic rings. The predicted octanol–water partition coefficient (Wildman–Crippen LogP) is 4.84. The minimum absolute atomic E-state index is 0.229. The third kappa shape index (κ3) is 5.00. The van der Waals surface area contributed by atoms with E-state index in [-0.39, 0.29) is 12.4 Å². The van der Waals surface area contributed by atoms with Gasteiger partial charge in [-0.1, -0.05) is 30.3 Å². The van der Waals surface area contributed by atoms with Gasteiger partial charge < -0.3 is 18.9 Å². The number of fused-ring (bicyclic) bond motifs is 1. The quantitative estimate of drug-likeness (QED) is 0.537. The highest BCUT2D eigenvalue weighted by atomic mass is 16.6. The summed E-state index contributed by atoms with van der Waals surface area (Å²) in [6.45, 7) is 3.17. The number of carbonyl (C=O) groups is 2. The summed E-state index contributed by atoms with van der Waals surface area (Å²) in [5, 5.41) is 2.61. The number of anilines is 1. The van der Waals surface area contributed by atoms with Crippen molar-refractivity contribution in [2.45, 2.75) is 13.5 Å². The Hall–Kier alpha value is -4.00. The molecule has 0 fully saturated rings. The Labute approximate surface area is 185 Å². The van der Waals surface area contributed by atoms with Crippen LogP contribution in [0.25, 0.3) is 0 Å². The van der Waals surface area contributed by atoms with Crippen molar-refractivity contribution in [3.63, 3.8) is 0 Å². The van der Waals surface area contributed by atoms with Crippen molar-refractivity contribution in [2.24, 2.45) is 0 Å². The van der Waals surface area contributed by atoms with E-state index in [9.17, 15) is 9.59 Å². The molecule has 0 saturated carbocycles. The molecule has 0 saturated heterocycles. The first-order valence-electron chi connectivity index (χ1n) is 10.3. The molecule has 1 amide bonds. The molecule has 0 aromatic heterocycles. The fraction of sp³-hybridized carbons (Fsp3) is 0.200. The summed E-state index contributed by atoms with van der Waals surface area (Å²) in [7, 11) is 0. The largest absolute Gasteiger partial charge is 0.488 e. The molecule has 0 aliphatic carbocycles. The fourth-order valence-corrected chi connectivity index (χ4v) is 3.25. The Morgan fingerprint density at radius 1 is 0.938 bits per heavy atom. The molecule has 1 aliphatic heterocycles. The number of ketones is 1. The first-order chi connectivity index (χ1) is 15.6. The zero-order valence-corrected chi connectivity index (χ0v) is 17.6. The van der Waals surface area contributed by atoms with Crippen molar-refractivity contribution in [3.8, 4) is 17.2 Å². The molecule has 32 heavy (non-hydrogen) atoms. The Morgan fingerprint density at radius 2 is 1.62 bits per heavy atom. The number of amides is 1. The van der Waals surface area contributed by atoms with E-state index < -0.39 is 6.09 Å². The Morgan fingerprint density at radius 3 is 2.31 bits per heavy atom. The molecule has 3 aromatic rings. The average molecular weight is 433 g/mol. The normalized spacial score (nSPS) is 12.0. The summed E-state index contributed by atoms with van der Waals surface area (Å²) in [5.41, 5.74) is 2.33. The smallest absolute Gasteiger partial charge is 0.411 e. The minimum Gasteiger partial charge on any atom is -0.488 e. The molecular formula is C25H23NO6. The minimum atomic E-state index is -0.546. The lowest BCUT2D eigenvalue weighted by Gasteiger charge is -2.21. The third-order valence-corrected chi connectivity index (χ3v) is 4.80. The van der Waals surface area contributed by atoms with E-state index in [1.54, 1.807) is 43.3 Å². The molecule has 0 bridgehead atoms. The van der Waals surface area contributed by atoms with Gasteiger partial charge in [0.2, 0.25) is 0 Å². The van der Waals surface area contributed by atoms with Crippen molar-refractivity contribution in [1.82, 2.24) is 0 Å². The van der Waals surface area contributed by atoms with Gasteiger partial charge in [-0.25, -0.2) is 4.79 Å². The highest BCUT2D eigenvalue weighted by molar-refractivity contribution is 6.11. The Kier molecular flexibility index (Phi) is 6.55. The zero-order chi connectivity index (χ0) is 22.3. The number of nitrogens with one attached hydrogen (secondary N) is 1. The maximum absolute atomic E-state index is 13.3.